The summed E-state index contributed by atoms with van der Waals surface area (Å²) < 4.78 is 44.7. The number of methoxy groups -OCH3 is 1. The van der Waals surface area contributed by atoms with Crippen molar-refractivity contribution in [2.45, 2.75) is 6.18 Å². The van der Waals surface area contributed by atoms with E-state index in [0.717, 1.165) is 16.5 Å². The molecule has 0 aliphatic carbocycles. The maximum atomic E-state index is 13.3. The molecule has 0 saturated heterocycles. The lowest BCUT2D eigenvalue weighted by molar-refractivity contribution is -0.136. The molecule has 0 radical (unpaired) electrons. The van der Waals surface area contributed by atoms with Crippen LogP contribution >= 0.6 is 35.2 Å². The summed E-state index contributed by atoms with van der Waals surface area (Å²) in [5, 5.41) is 5.50. The Balaban J connectivity index is 1.89. The number of nitrogens with one attached hydrogen (secondary N) is 2. The molecule has 0 aliphatic rings. The first kappa shape index (κ1) is 22.1. The smallest absolute Gasteiger partial charge is 0.418 e. The van der Waals surface area contributed by atoms with Crippen molar-refractivity contribution in [3.05, 3.63) is 70.7 Å². The molecule has 2 aromatic carbocycles. The number of thiophene rings is 1. The van der Waals surface area contributed by atoms with E-state index >= 15 is 0 Å². The van der Waals surface area contributed by atoms with Crippen LogP contribution in [-0.2, 0) is 10.9 Å². The summed E-state index contributed by atoms with van der Waals surface area (Å²) in [6.07, 6.45) is -4.62. The lowest BCUT2D eigenvalue weighted by Gasteiger charge is -2.16. The van der Waals surface area contributed by atoms with Crippen molar-refractivity contribution < 1.29 is 22.7 Å². The zero-order chi connectivity index (χ0) is 21.9. The molecular weight excluding hydrogens is 457 g/mol. The predicted molar refractivity (Wildman–Crippen MR) is 117 cm³/mol. The Morgan fingerprint density at radius 3 is 2.43 bits per heavy atom. The third kappa shape index (κ3) is 5.10. The number of hydrogen-bond donors (Lipinski definition) is 2. The van der Waals surface area contributed by atoms with Crippen molar-refractivity contribution in [3.8, 4) is 10.4 Å². The van der Waals surface area contributed by atoms with Gasteiger partial charge in [-0.15, -0.1) is 11.3 Å². The molecule has 0 saturated carbocycles. The zero-order valence-corrected chi connectivity index (χ0v) is 17.7. The second-order valence-corrected chi connectivity index (χ2v) is 7.87. The summed E-state index contributed by atoms with van der Waals surface area (Å²) in [5.74, 6) is -0.596. The van der Waals surface area contributed by atoms with Crippen LogP contribution in [0.1, 0.15) is 15.9 Å². The normalized spacial score (nSPS) is 11.1. The second kappa shape index (κ2) is 9.03. The first-order chi connectivity index (χ1) is 14.2. The summed E-state index contributed by atoms with van der Waals surface area (Å²) in [5.41, 5.74) is -0.123. The van der Waals surface area contributed by atoms with Crippen LogP contribution in [0.15, 0.2) is 54.6 Å². The molecule has 156 valence electrons. The Morgan fingerprint density at radius 1 is 1.10 bits per heavy atom. The van der Waals surface area contributed by atoms with E-state index < -0.39 is 17.7 Å². The highest BCUT2D eigenvalue weighted by Gasteiger charge is 2.34. The monoisotopic (exact) mass is 470 g/mol. The quantitative estimate of drug-likeness (QED) is 0.329. The molecule has 4 nitrogen and oxygen atoms in total. The van der Waals surface area contributed by atoms with Gasteiger partial charge in [-0.1, -0.05) is 41.9 Å². The van der Waals surface area contributed by atoms with Gasteiger partial charge < -0.3 is 15.4 Å². The number of carbonyl (C=O) groups is 1. The summed E-state index contributed by atoms with van der Waals surface area (Å²) >= 11 is 12.1. The van der Waals surface area contributed by atoms with Gasteiger partial charge in [0, 0.05) is 9.90 Å². The molecule has 0 amide bonds. The first-order valence-electron chi connectivity index (χ1n) is 8.41. The van der Waals surface area contributed by atoms with Gasteiger partial charge in [-0.2, -0.15) is 13.2 Å². The van der Waals surface area contributed by atoms with E-state index in [2.05, 4.69) is 10.6 Å². The minimum absolute atomic E-state index is 0.0505. The average molecular weight is 471 g/mol. The van der Waals surface area contributed by atoms with E-state index in [1.54, 1.807) is 6.07 Å². The van der Waals surface area contributed by atoms with Crippen molar-refractivity contribution in [1.82, 2.24) is 0 Å². The van der Waals surface area contributed by atoms with Crippen LogP contribution in [0.25, 0.3) is 10.4 Å². The zero-order valence-electron chi connectivity index (χ0n) is 15.3. The van der Waals surface area contributed by atoms with Gasteiger partial charge >= 0.3 is 12.1 Å². The van der Waals surface area contributed by atoms with Crippen LogP contribution in [0.3, 0.4) is 0 Å². The number of hydrogen-bond acceptors (Lipinski definition) is 4. The fourth-order valence-corrected chi connectivity index (χ4v) is 4.11. The number of benzene rings is 2. The van der Waals surface area contributed by atoms with E-state index in [1.165, 1.54) is 30.6 Å². The highest BCUT2D eigenvalue weighted by Crippen LogP contribution is 2.38. The van der Waals surface area contributed by atoms with E-state index in [0.29, 0.717) is 5.00 Å². The van der Waals surface area contributed by atoms with Crippen LogP contribution in [0, 0.1) is 0 Å². The largest absolute Gasteiger partial charge is 0.465 e. The molecular formula is C20H14ClF3N2O2S2. The van der Waals surface area contributed by atoms with Crippen LogP contribution in [0.5, 0.6) is 0 Å². The molecule has 3 aromatic rings. The molecule has 1 heterocycles. The van der Waals surface area contributed by atoms with Gasteiger partial charge in [-0.3, -0.25) is 0 Å². The average Bonchev–Trinajstić information content (AvgIpc) is 3.12. The number of halogens is 4. The Kier molecular flexibility index (Phi) is 6.64. The highest BCUT2D eigenvalue weighted by atomic mass is 35.5. The molecule has 0 unspecified atom stereocenters. The van der Waals surface area contributed by atoms with Crippen molar-refractivity contribution in [2.75, 3.05) is 17.7 Å². The van der Waals surface area contributed by atoms with E-state index in [1.807, 2.05) is 30.3 Å². The molecule has 0 fully saturated rings. The van der Waals surface area contributed by atoms with Crippen molar-refractivity contribution >= 4 is 56.9 Å². The number of esters is 1. The minimum atomic E-state index is -4.62. The van der Waals surface area contributed by atoms with Gasteiger partial charge in [-0.05, 0) is 42.0 Å². The molecule has 10 heteroatoms. The van der Waals surface area contributed by atoms with Crippen LogP contribution < -0.4 is 10.6 Å². The van der Waals surface area contributed by atoms with Crippen molar-refractivity contribution in [2.24, 2.45) is 0 Å². The topological polar surface area (TPSA) is 50.4 Å². The number of carbonyl (C=O) groups excluding carboxylic acids is 1. The number of alkyl halides is 3. The van der Waals surface area contributed by atoms with Crippen LogP contribution in [0.2, 0.25) is 5.02 Å². The lowest BCUT2D eigenvalue weighted by Crippen LogP contribution is -2.22. The number of thiocarbonyl (C=S) groups is 1. The minimum Gasteiger partial charge on any atom is -0.465 e. The summed E-state index contributed by atoms with van der Waals surface area (Å²) in [6.45, 7) is 0. The predicted octanol–water partition coefficient (Wildman–Crippen LogP) is 6.68. The molecule has 0 atom stereocenters. The van der Waals surface area contributed by atoms with Crippen molar-refractivity contribution in [3.63, 3.8) is 0 Å². The molecule has 1 aromatic heterocycles. The maximum Gasteiger partial charge on any atom is 0.418 e. The van der Waals surface area contributed by atoms with Gasteiger partial charge in [0.15, 0.2) is 5.11 Å². The lowest BCUT2D eigenvalue weighted by atomic mass is 10.1. The maximum absolute atomic E-state index is 13.3. The fraction of sp³-hybridized carbons (Fsp3) is 0.100. The highest BCUT2D eigenvalue weighted by molar-refractivity contribution is 7.80. The van der Waals surface area contributed by atoms with Crippen LogP contribution in [0.4, 0.5) is 23.9 Å². The molecule has 0 spiro atoms. The number of rotatable bonds is 4. The number of ether oxygens (including phenoxy) is 1. The molecule has 0 bridgehead atoms. The molecule has 3 rings (SSSR count). The second-order valence-electron chi connectivity index (χ2n) is 5.98. The summed E-state index contributed by atoms with van der Waals surface area (Å²) in [7, 11) is 1.24. The molecule has 30 heavy (non-hydrogen) atoms. The Morgan fingerprint density at radius 2 is 1.80 bits per heavy atom. The Hall–Kier alpha value is -2.62. The van der Waals surface area contributed by atoms with E-state index in [-0.39, 0.29) is 21.4 Å². The first-order valence-corrected chi connectivity index (χ1v) is 10.0. The summed E-state index contributed by atoms with van der Waals surface area (Å²) in [4.78, 5) is 12.9. The van der Waals surface area contributed by atoms with Crippen LogP contribution in [-0.4, -0.2) is 18.2 Å². The molecule has 0 aliphatic heterocycles. The SMILES string of the molecule is COC(=O)c1cc(-c2ccccc2)sc1NC(=S)Nc1ccc(Cl)cc1C(F)(F)F. The van der Waals surface area contributed by atoms with Gasteiger partial charge in [0.05, 0.1) is 23.9 Å². The summed E-state index contributed by atoms with van der Waals surface area (Å²) in [6, 6.07) is 14.3. The standard InChI is InChI=1S/C20H14ClF3N2O2S2/c1-28-18(27)13-10-16(11-5-3-2-4-6-11)30-17(13)26-19(29)25-15-8-7-12(21)9-14(15)20(22,23)24/h2-10H,1H3,(H2,25,26,29). The van der Waals surface area contributed by atoms with Gasteiger partial charge in [0.2, 0.25) is 0 Å². The third-order valence-electron chi connectivity index (χ3n) is 3.96. The van der Waals surface area contributed by atoms with E-state index in [9.17, 15) is 18.0 Å². The van der Waals surface area contributed by atoms with Gasteiger partial charge in [0.1, 0.15) is 5.00 Å². The third-order valence-corrected chi connectivity index (χ3v) is 5.50. The Bertz CT molecular complexity index is 1090. The van der Waals surface area contributed by atoms with Gasteiger partial charge in [0.25, 0.3) is 0 Å². The fourth-order valence-electron chi connectivity index (χ4n) is 2.61. The molecule has 2 N–H and O–H groups in total. The van der Waals surface area contributed by atoms with Gasteiger partial charge in [-0.25, -0.2) is 4.79 Å². The Labute approximate surface area is 184 Å². The van der Waals surface area contributed by atoms with Crippen molar-refractivity contribution in [1.29, 1.82) is 0 Å². The number of anilines is 2. The van der Waals surface area contributed by atoms with E-state index in [4.69, 9.17) is 28.6 Å².